The van der Waals surface area contributed by atoms with Crippen molar-refractivity contribution in [1.29, 1.82) is 0 Å². The highest BCUT2D eigenvalue weighted by Gasteiger charge is 2.66. The zero-order chi connectivity index (χ0) is 20.6. The first-order valence-electron chi connectivity index (χ1n) is 8.22. The summed E-state index contributed by atoms with van der Waals surface area (Å²) in [5.41, 5.74) is -3.84. The van der Waals surface area contributed by atoms with Crippen molar-refractivity contribution in [3.63, 3.8) is 0 Å². The number of benzene rings is 1. The molecule has 1 aliphatic heterocycles. The minimum absolute atomic E-state index is 0.110. The fourth-order valence-corrected chi connectivity index (χ4v) is 2.48. The molecule has 0 saturated carbocycles. The van der Waals surface area contributed by atoms with E-state index in [1.165, 1.54) is 34.8 Å². The minimum Gasteiger partial charge on any atom is -0.497 e. The Morgan fingerprint density at radius 1 is 1.22 bits per heavy atom. The molecule has 0 saturated heterocycles. The van der Waals surface area contributed by atoms with E-state index in [-0.39, 0.29) is 12.4 Å². The van der Waals surface area contributed by atoms with Crippen molar-refractivity contribution in [2.45, 2.75) is 46.1 Å². The van der Waals surface area contributed by atoms with Crippen LogP contribution in [-0.2, 0) is 16.1 Å². The molecule has 1 aliphatic rings. The molecule has 0 aliphatic carbocycles. The Balaban J connectivity index is 2.35. The topological polar surface area (TPSA) is 71.0 Å². The van der Waals surface area contributed by atoms with Crippen LogP contribution in [0.15, 0.2) is 29.3 Å². The number of amidine groups is 1. The lowest BCUT2D eigenvalue weighted by Crippen LogP contribution is -2.64. The standard InChI is InChI=1S/C18H22F3N3O3/c1-11-22-17(18(19,20)21,23-14(25)16(2,3)4)15(26)24(11)10-12-6-8-13(27-5)9-7-12/h6-9H,10H2,1-5H3,(H,23,25). The van der Waals surface area contributed by atoms with E-state index in [1.807, 2.05) is 5.32 Å². The highest BCUT2D eigenvalue weighted by molar-refractivity contribution is 6.09. The molecule has 6 nitrogen and oxygen atoms in total. The van der Waals surface area contributed by atoms with Crippen molar-refractivity contribution < 1.29 is 27.5 Å². The quantitative estimate of drug-likeness (QED) is 0.866. The molecular weight excluding hydrogens is 363 g/mol. The van der Waals surface area contributed by atoms with Crippen molar-refractivity contribution in [1.82, 2.24) is 10.2 Å². The van der Waals surface area contributed by atoms with Gasteiger partial charge < -0.3 is 10.1 Å². The highest BCUT2D eigenvalue weighted by atomic mass is 19.4. The molecule has 2 amide bonds. The summed E-state index contributed by atoms with van der Waals surface area (Å²) in [6.07, 6.45) is -5.08. The van der Waals surface area contributed by atoms with Gasteiger partial charge in [0.1, 0.15) is 11.6 Å². The molecule has 27 heavy (non-hydrogen) atoms. The molecule has 148 valence electrons. The Labute approximate surface area is 155 Å². The molecule has 0 aromatic heterocycles. The molecule has 0 radical (unpaired) electrons. The number of ether oxygens (including phenoxy) is 1. The fraction of sp³-hybridized carbons (Fsp3) is 0.500. The van der Waals surface area contributed by atoms with Gasteiger partial charge in [-0.05, 0) is 24.6 Å². The number of halogens is 3. The molecule has 1 unspecified atom stereocenters. The maximum Gasteiger partial charge on any atom is 0.442 e. The maximum absolute atomic E-state index is 13.8. The van der Waals surface area contributed by atoms with E-state index in [1.54, 1.807) is 24.3 Å². The number of rotatable bonds is 4. The van der Waals surface area contributed by atoms with Crippen LogP contribution in [0.3, 0.4) is 0 Å². The van der Waals surface area contributed by atoms with E-state index in [4.69, 9.17) is 4.74 Å². The summed E-state index contributed by atoms with van der Waals surface area (Å²) in [4.78, 5) is 29.4. The Bertz CT molecular complexity index is 767. The first-order chi connectivity index (χ1) is 12.3. The summed E-state index contributed by atoms with van der Waals surface area (Å²) in [6, 6.07) is 6.56. The predicted molar refractivity (Wildman–Crippen MR) is 93.0 cm³/mol. The number of carbonyl (C=O) groups excluding carboxylic acids is 2. The molecule has 1 aromatic rings. The van der Waals surface area contributed by atoms with Gasteiger partial charge >= 0.3 is 11.8 Å². The van der Waals surface area contributed by atoms with Gasteiger partial charge in [-0.1, -0.05) is 32.9 Å². The van der Waals surface area contributed by atoms with E-state index in [0.29, 0.717) is 11.3 Å². The Morgan fingerprint density at radius 3 is 2.22 bits per heavy atom. The highest BCUT2D eigenvalue weighted by Crippen LogP contribution is 2.38. The van der Waals surface area contributed by atoms with E-state index >= 15 is 0 Å². The van der Waals surface area contributed by atoms with Crippen LogP contribution in [0.2, 0.25) is 0 Å². The number of hydrogen-bond donors (Lipinski definition) is 1. The second kappa shape index (κ2) is 6.86. The number of alkyl halides is 3. The summed E-state index contributed by atoms with van der Waals surface area (Å²) >= 11 is 0. The first-order valence-corrected chi connectivity index (χ1v) is 8.22. The van der Waals surface area contributed by atoms with Gasteiger partial charge in [0.05, 0.1) is 13.7 Å². The van der Waals surface area contributed by atoms with Crippen LogP contribution in [0.1, 0.15) is 33.3 Å². The molecule has 0 bridgehead atoms. The minimum atomic E-state index is -5.08. The molecule has 1 heterocycles. The number of hydrogen-bond acceptors (Lipinski definition) is 4. The van der Waals surface area contributed by atoms with Gasteiger partial charge in [0.2, 0.25) is 5.91 Å². The summed E-state index contributed by atoms with van der Waals surface area (Å²) in [7, 11) is 1.49. The Morgan fingerprint density at radius 2 is 1.78 bits per heavy atom. The van der Waals surface area contributed by atoms with Gasteiger partial charge in [-0.2, -0.15) is 13.2 Å². The van der Waals surface area contributed by atoms with Crippen LogP contribution < -0.4 is 10.1 Å². The van der Waals surface area contributed by atoms with Gasteiger partial charge in [0.25, 0.3) is 5.91 Å². The molecule has 1 aromatic carbocycles. The molecule has 0 fully saturated rings. The largest absolute Gasteiger partial charge is 0.497 e. The molecule has 1 N–H and O–H groups in total. The zero-order valence-corrected chi connectivity index (χ0v) is 15.8. The van der Waals surface area contributed by atoms with Crippen LogP contribution in [0.4, 0.5) is 13.2 Å². The van der Waals surface area contributed by atoms with Crippen LogP contribution in [0.25, 0.3) is 0 Å². The van der Waals surface area contributed by atoms with Gasteiger partial charge in [0, 0.05) is 5.41 Å². The van der Waals surface area contributed by atoms with Crippen LogP contribution in [0, 0.1) is 5.41 Å². The number of carbonyl (C=O) groups is 2. The Kier molecular flexibility index (Phi) is 5.27. The van der Waals surface area contributed by atoms with Gasteiger partial charge in [-0.3, -0.25) is 14.5 Å². The van der Waals surface area contributed by atoms with Crippen molar-refractivity contribution in [2.24, 2.45) is 10.4 Å². The van der Waals surface area contributed by atoms with Crippen LogP contribution in [0.5, 0.6) is 5.75 Å². The maximum atomic E-state index is 13.8. The SMILES string of the molecule is COc1ccc(CN2C(=O)C(NC(=O)C(C)(C)C)(C(F)(F)F)N=C2C)cc1. The third kappa shape index (κ3) is 3.91. The zero-order valence-electron chi connectivity index (χ0n) is 15.8. The average Bonchev–Trinajstić information content (AvgIpc) is 2.79. The number of amides is 2. The molecular formula is C18H22F3N3O3. The number of aliphatic imine (C=N–C) groups is 1. The van der Waals surface area contributed by atoms with Crippen molar-refractivity contribution >= 4 is 17.6 Å². The second-order valence-corrected chi connectivity index (χ2v) is 7.31. The Hall–Kier alpha value is -2.58. The lowest BCUT2D eigenvalue weighted by Gasteiger charge is -2.31. The number of nitrogens with one attached hydrogen (secondary N) is 1. The lowest BCUT2D eigenvalue weighted by atomic mass is 9.94. The normalized spacial score (nSPS) is 20.5. The smallest absolute Gasteiger partial charge is 0.442 e. The van der Waals surface area contributed by atoms with E-state index < -0.39 is 29.1 Å². The lowest BCUT2D eigenvalue weighted by molar-refractivity contribution is -0.201. The van der Waals surface area contributed by atoms with Crippen molar-refractivity contribution in [2.75, 3.05) is 7.11 Å². The van der Waals surface area contributed by atoms with Crippen molar-refractivity contribution in [3.8, 4) is 5.75 Å². The van der Waals surface area contributed by atoms with E-state index in [0.717, 1.165) is 4.90 Å². The predicted octanol–water partition coefficient (Wildman–Crippen LogP) is 2.88. The molecule has 0 spiro atoms. The summed E-state index contributed by atoms with van der Waals surface area (Å²) in [6.45, 7) is 5.56. The fourth-order valence-electron chi connectivity index (χ4n) is 2.48. The summed E-state index contributed by atoms with van der Waals surface area (Å²) < 4.78 is 46.5. The van der Waals surface area contributed by atoms with E-state index in [9.17, 15) is 22.8 Å². The monoisotopic (exact) mass is 385 g/mol. The molecule has 2 rings (SSSR count). The number of methoxy groups -OCH3 is 1. The van der Waals surface area contributed by atoms with Gasteiger partial charge in [0.15, 0.2) is 0 Å². The van der Waals surface area contributed by atoms with Crippen LogP contribution >= 0.6 is 0 Å². The van der Waals surface area contributed by atoms with E-state index in [2.05, 4.69) is 4.99 Å². The van der Waals surface area contributed by atoms with Crippen molar-refractivity contribution in [3.05, 3.63) is 29.8 Å². The van der Waals surface area contributed by atoms with Crippen LogP contribution in [-0.4, -0.2) is 41.5 Å². The average molecular weight is 385 g/mol. The number of nitrogens with zero attached hydrogens (tertiary/aromatic N) is 2. The molecule has 1 atom stereocenters. The summed E-state index contributed by atoms with van der Waals surface area (Å²) in [5.74, 6) is -1.79. The third-order valence-electron chi connectivity index (χ3n) is 4.16. The second-order valence-electron chi connectivity index (χ2n) is 7.31. The van der Waals surface area contributed by atoms with Gasteiger partial charge in [-0.25, -0.2) is 4.99 Å². The third-order valence-corrected chi connectivity index (χ3v) is 4.16. The first kappa shape index (κ1) is 20.7. The summed E-state index contributed by atoms with van der Waals surface area (Å²) in [5, 5.41) is 1.82. The van der Waals surface area contributed by atoms with Gasteiger partial charge in [-0.15, -0.1) is 0 Å². The molecule has 9 heteroatoms.